The zero-order chi connectivity index (χ0) is 15.3. The van der Waals surface area contributed by atoms with E-state index in [9.17, 15) is 13.2 Å². The molecule has 118 valence electrons. The van der Waals surface area contributed by atoms with Gasteiger partial charge in [0.1, 0.15) is 0 Å². The van der Waals surface area contributed by atoms with Gasteiger partial charge in [0.15, 0.2) is 0 Å². The molecule has 5 heteroatoms. The Kier molecular flexibility index (Phi) is 5.65. The normalized spacial score (nSPS) is 19.6. The van der Waals surface area contributed by atoms with Gasteiger partial charge in [-0.15, -0.1) is 0 Å². The minimum absolute atomic E-state index is 0.0376. The Morgan fingerprint density at radius 2 is 1.76 bits per heavy atom. The molecule has 1 heterocycles. The highest BCUT2D eigenvalue weighted by atomic mass is 19.4. The topological polar surface area (TPSA) is 15.3 Å². The molecule has 2 rings (SSSR count). The van der Waals surface area contributed by atoms with Gasteiger partial charge in [0.05, 0.1) is 6.42 Å². The fourth-order valence-corrected chi connectivity index (χ4v) is 2.94. The van der Waals surface area contributed by atoms with Crippen molar-refractivity contribution in [1.82, 2.24) is 10.2 Å². The Morgan fingerprint density at radius 3 is 2.33 bits per heavy atom. The summed E-state index contributed by atoms with van der Waals surface area (Å²) in [4.78, 5) is 2.31. The molecule has 21 heavy (non-hydrogen) atoms. The molecule has 2 nitrogen and oxygen atoms in total. The summed E-state index contributed by atoms with van der Waals surface area (Å²) in [5.74, 6) is 0. The summed E-state index contributed by atoms with van der Waals surface area (Å²) in [6.45, 7) is 4.88. The highest BCUT2D eigenvalue weighted by Crippen LogP contribution is 2.29. The van der Waals surface area contributed by atoms with Crippen LogP contribution >= 0.6 is 0 Å². The van der Waals surface area contributed by atoms with Crippen LogP contribution in [0.5, 0.6) is 0 Å². The fraction of sp³-hybridized carbons (Fsp3) is 0.625. The number of likely N-dealkylation sites (tertiary alicyclic amines) is 1. The van der Waals surface area contributed by atoms with Crippen molar-refractivity contribution in [2.24, 2.45) is 0 Å². The van der Waals surface area contributed by atoms with Gasteiger partial charge < -0.3 is 10.2 Å². The second-order valence-corrected chi connectivity index (χ2v) is 5.86. The van der Waals surface area contributed by atoms with Crippen LogP contribution in [0.3, 0.4) is 0 Å². The quantitative estimate of drug-likeness (QED) is 0.860. The van der Waals surface area contributed by atoms with Crippen LogP contribution in [0.2, 0.25) is 0 Å². The van der Waals surface area contributed by atoms with Crippen LogP contribution in [0, 0.1) is 0 Å². The van der Waals surface area contributed by atoms with Crippen molar-refractivity contribution >= 4 is 0 Å². The van der Waals surface area contributed by atoms with Gasteiger partial charge in [-0.2, -0.15) is 13.2 Å². The van der Waals surface area contributed by atoms with E-state index >= 15 is 0 Å². The average molecular weight is 300 g/mol. The van der Waals surface area contributed by atoms with Crippen LogP contribution in [0.4, 0.5) is 13.2 Å². The SMILES string of the molecule is CC(CN1CCCC1)NC(CC(F)(F)F)c1ccccc1. The summed E-state index contributed by atoms with van der Waals surface area (Å²) >= 11 is 0. The number of halogens is 3. The maximum Gasteiger partial charge on any atom is 0.390 e. The summed E-state index contributed by atoms with van der Waals surface area (Å²) in [6.07, 6.45) is -2.61. The third-order valence-corrected chi connectivity index (χ3v) is 3.85. The lowest BCUT2D eigenvalue weighted by atomic mass is 10.0. The molecule has 0 saturated carbocycles. The van der Waals surface area contributed by atoms with E-state index in [-0.39, 0.29) is 6.04 Å². The van der Waals surface area contributed by atoms with Gasteiger partial charge in [0, 0.05) is 18.6 Å². The van der Waals surface area contributed by atoms with Crippen LogP contribution < -0.4 is 5.32 Å². The molecule has 1 fully saturated rings. The third kappa shape index (κ3) is 5.67. The van der Waals surface area contributed by atoms with E-state index in [0.717, 1.165) is 19.6 Å². The number of benzene rings is 1. The number of nitrogens with zero attached hydrogens (tertiary/aromatic N) is 1. The van der Waals surface area contributed by atoms with E-state index in [1.807, 2.05) is 13.0 Å². The van der Waals surface area contributed by atoms with Crippen LogP contribution in [0.1, 0.15) is 37.8 Å². The number of alkyl halides is 3. The first-order chi connectivity index (χ1) is 9.94. The van der Waals surface area contributed by atoms with Gasteiger partial charge in [-0.05, 0) is 38.4 Å². The van der Waals surface area contributed by atoms with E-state index in [4.69, 9.17) is 0 Å². The first kappa shape index (κ1) is 16.3. The second-order valence-electron chi connectivity index (χ2n) is 5.86. The lowest BCUT2D eigenvalue weighted by Crippen LogP contribution is -2.41. The minimum Gasteiger partial charge on any atom is -0.306 e. The summed E-state index contributed by atoms with van der Waals surface area (Å²) in [5.41, 5.74) is 0.697. The molecule has 1 aromatic carbocycles. The first-order valence-electron chi connectivity index (χ1n) is 7.54. The predicted molar refractivity (Wildman–Crippen MR) is 78.1 cm³/mol. The summed E-state index contributed by atoms with van der Waals surface area (Å²) in [6, 6.07) is 8.26. The molecule has 1 aromatic rings. The monoisotopic (exact) mass is 300 g/mol. The zero-order valence-corrected chi connectivity index (χ0v) is 12.4. The molecular formula is C16H23F3N2. The number of hydrogen-bond acceptors (Lipinski definition) is 2. The summed E-state index contributed by atoms with van der Waals surface area (Å²) in [7, 11) is 0. The molecule has 2 unspecified atom stereocenters. The van der Waals surface area contributed by atoms with Crippen molar-refractivity contribution < 1.29 is 13.2 Å². The Balaban J connectivity index is 1.98. The van der Waals surface area contributed by atoms with E-state index in [2.05, 4.69) is 10.2 Å². The highest BCUT2D eigenvalue weighted by molar-refractivity contribution is 5.19. The largest absolute Gasteiger partial charge is 0.390 e. The van der Waals surface area contributed by atoms with E-state index in [1.165, 1.54) is 12.8 Å². The Labute approximate surface area is 124 Å². The number of rotatable bonds is 6. The van der Waals surface area contributed by atoms with Crippen molar-refractivity contribution in [2.75, 3.05) is 19.6 Å². The molecule has 1 aliphatic rings. The molecule has 1 saturated heterocycles. The summed E-state index contributed by atoms with van der Waals surface area (Å²) < 4.78 is 38.4. The predicted octanol–water partition coefficient (Wildman–Crippen LogP) is 3.75. The van der Waals surface area contributed by atoms with Gasteiger partial charge in [0.25, 0.3) is 0 Å². The highest BCUT2D eigenvalue weighted by Gasteiger charge is 2.33. The summed E-state index contributed by atoms with van der Waals surface area (Å²) in [5, 5.41) is 3.16. The maximum atomic E-state index is 12.8. The molecule has 1 aliphatic heterocycles. The van der Waals surface area contributed by atoms with Crippen molar-refractivity contribution in [3.63, 3.8) is 0 Å². The van der Waals surface area contributed by atoms with Gasteiger partial charge in [-0.3, -0.25) is 0 Å². The van der Waals surface area contributed by atoms with Gasteiger partial charge in [0.2, 0.25) is 0 Å². The standard InChI is InChI=1S/C16H23F3N2/c1-13(12-21-9-5-6-10-21)20-15(11-16(17,18)19)14-7-3-2-4-8-14/h2-4,7-8,13,15,20H,5-6,9-12H2,1H3. The Morgan fingerprint density at radius 1 is 1.14 bits per heavy atom. The van der Waals surface area contributed by atoms with Gasteiger partial charge in [-0.25, -0.2) is 0 Å². The second kappa shape index (κ2) is 7.27. The molecule has 0 aromatic heterocycles. The van der Waals surface area contributed by atoms with Crippen LogP contribution in [0.15, 0.2) is 30.3 Å². The Bertz CT molecular complexity index is 413. The molecule has 0 aliphatic carbocycles. The fourth-order valence-electron chi connectivity index (χ4n) is 2.94. The van der Waals surface area contributed by atoms with Crippen LogP contribution in [-0.4, -0.2) is 36.8 Å². The van der Waals surface area contributed by atoms with E-state index < -0.39 is 18.6 Å². The lowest BCUT2D eigenvalue weighted by molar-refractivity contribution is -0.140. The zero-order valence-electron chi connectivity index (χ0n) is 12.4. The molecule has 2 atom stereocenters. The molecule has 0 amide bonds. The number of nitrogens with one attached hydrogen (secondary N) is 1. The van der Waals surface area contributed by atoms with Crippen LogP contribution in [-0.2, 0) is 0 Å². The van der Waals surface area contributed by atoms with Crippen molar-refractivity contribution in [3.8, 4) is 0 Å². The first-order valence-corrected chi connectivity index (χ1v) is 7.54. The molecule has 1 N–H and O–H groups in total. The van der Waals surface area contributed by atoms with Crippen molar-refractivity contribution in [3.05, 3.63) is 35.9 Å². The number of hydrogen-bond donors (Lipinski definition) is 1. The van der Waals surface area contributed by atoms with Gasteiger partial charge in [-0.1, -0.05) is 30.3 Å². The van der Waals surface area contributed by atoms with E-state index in [0.29, 0.717) is 5.56 Å². The third-order valence-electron chi connectivity index (χ3n) is 3.85. The van der Waals surface area contributed by atoms with E-state index in [1.54, 1.807) is 24.3 Å². The Hall–Kier alpha value is -1.07. The van der Waals surface area contributed by atoms with Crippen molar-refractivity contribution in [2.45, 2.75) is 44.4 Å². The molecule has 0 bridgehead atoms. The molecular weight excluding hydrogens is 277 g/mol. The van der Waals surface area contributed by atoms with Crippen molar-refractivity contribution in [1.29, 1.82) is 0 Å². The smallest absolute Gasteiger partial charge is 0.306 e. The maximum absolute atomic E-state index is 12.8. The van der Waals surface area contributed by atoms with Crippen LogP contribution in [0.25, 0.3) is 0 Å². The molecule has 0 spiro atoms. The average Bonchev–Trinajstić information content (AvgIpc) is 2.90. The minimum atomic E-state index is -4.17. The van der Waals surface area contributed by atoms with Gasteiger partial charge >= 0.3 is 6.18 Å². The molecule has 0 radical (unpaired) electrons. The lowest BCUT2D eigenvalue weighted by Gasteiger charge is -2.27.